The van der Waals surface area contributed by atoms with Crippen molar-refractivity contribution in [2.75, 3.05) is 32.8 Å². The molecular formula is C22H24N4O7. The molecule has 1 N–H and O–H groups in total. The van der Waals surface area contributed by atoms with Crippen molar-refractivity contribution in [3.63, 3.8) is 0 Å². The number of imide groups is 1. The van der Waals surface area contributed by atoms with Gasteiger partial charge in [0.1, 0.15) is 23.1 Å². The van der Waals surface area contributed by atoms with Crippen LogP contribution in [0.15, 0.2) is 34.7 Å². The minimum atomic E-state index is -1.15. The van der Waals surface area contributed by atoms with E-state index in [1.54, 1.807) is 0 Å². The molecule has 1 aromatic carbocycles. The number of nitrogens with one attached hydrogen (secondary N) is 1. The van der Waals surface area contributed by atoms with Crippen LogP contribution in [0.2, 0.25) is 0 Å². The van der Waals surface area contributed by atoms with Gasteiger partial charge in [0.25, 0.3) is 17.5 Å². The predicted molar refractivity (Wildman–Crippen MR) is 115 cm³/mol. The Balaban J connectivity index is 1.50. The molecule has 2 aromatic rings. The fraction of sp³-hybridized carbons (Fsp3) is 0.409. The Hall–Kier alpha value is -3.57. The molecule has 3 heterocycles. The summed E-state index contributed by atoms with van der Waals surface area (Å²) in [6, 6.07) is 6.15. The Morgan fingerprint density at radius 2 is 1.91 bits per heavy atom. The lowest BCUT2D eigenvalue weighted by Gasteiger charge is -2.33. The summed E-state index contributed by atoms with van der Waals surface area (Å²) in [4.78, 5) is 52.1. The van der Waals surface area contributed by atoms with E-state index in [9.17, 15) is 24.5 Å². The van der Waals surface area contributed by atoms with Gasteiger partial charge in [0.05, 0.1) is 29.7 Å². The van der Waals surface area contributed by atoms with Crippen LogP contribution in [-0.2, 0) is 9.53 Å². The van der Waals surface area contributed by atoms with Gasteiger partial charge in [-0.25, -0.2) is 0 Å². The number of benzene rings is 1. The molecule has 2 aliphatic rings. The van der Waals surface area contributed by atoms with Crippen LogP contribution in [0, 0.1) is 17.0 Å². The highest BCUT2D eigenvalue weighted by molar-refractivity contribution is 6.24. The standard InChI is InChI=1S/C22H24N4O7/c1-13-6-7-18(33-13)17(24-8-10-32-11-9-24)12-23-20(27)14(2)25-21(28)15-4-3-5-16(26(30)31)19(15)22(25)29/h3-7,14,17H,8-12H2,1-2H3,(H,23,27)/t14-,17?/m0/s1. The Bertz CT molecular complexity index is 1110. The van der Waals surface area contributed by atoms with Gasteiger partial charge in [-0.05, 0) is 32.0 Å². The molecule has 1 unspecified atom stereocenters. The van der Waals surface area contributed by atoms with E-state index in [0.717, 1.165) is 16.7 Å². The molecule has 0 radical (unpaired) electrons. The Labute approximate surface area is 189 Å². The average Bonchev–Trinajstić information content (AvgIpc) is 3.34. The third kappa shape index (κ3) is 4.24. The number of nitro groups is 1. The maximum atomic E-state index is 12.9. The zero-order chi connectivity index (χ0) is 23.7. The molecule has 1 fully saturated rings. The number of carbonyl (C=O) groups excluding carboxylic acids is 3. The zero-order valence-corrected chi connectivity index (χ0v) is 18.3. The molecule has 3 amide bonds. The molecule has 0 bridgehead atoms. The highest BCUT2D eigenvalue weighted by Gasteiger charge is 2.45. The van der Waals surface area contributed by atoms with E-state index >= 15 is 0 Å². The smallest absolute Gasteiger partial charge is 0.282 e. The van der Waals surface area contributed by atoms with Gasteiger partial charge in [-0.2, -0.15) is 0 Å². The van der Waals surface area contributed by atoms with Crippen LogP contribution in [0.4, 0.5) is 5.69 Å². The molecule has 33 heavy (non-hydrogen) atoms. The molecular weight excluding hydrogens is 432 g/mol. The van der Waals surface area contributed by atoms with Crippen LogP contribution in [0.3, 0.4) is 0 Å². The van der Waals surface area contributed by atoms with E-state index < -0.39 is 34.4 Å². The molecule has 1 saturated heterocycles. The van der Waals surface area contributed by atoms with Crippen molar-refractivity contribution in [1.82, 2.24) is 15.1 Å². The maximum Gasteiger partial charge on any atom is 0.282 e. The topological polar surface area (TPSA) is 135 Å². The third-order valence-corrected chi connectivity index (χ3v) is 5.93. The number of nitro benzene ring substituents is 1. The predicted octanol–water partition coefficient (Wildman–Crippen LogP) is 1.67. The molecule has 174 valence electrons. The molecule has 2 atom stereocenters. The van der Waals surface area contributed by atoms with Gasteiger partial charge in [-0.1, -0.05) is 6.07 Å². The number of aryl methyl sites for hydroxylation is 1. The van der Waals surface area contributed by atoms with E-state index in [4.69, 9.17) is 9.15 Å². The van der Waals surface area contributed by atoms with Crippen molar-refractivity contribution in [3.05, 3.63) is 63.1 Å². The molecule has 11 nitrogen and oxygen atoms in total. The number of carbonyl (C=O) groups is 3. The first-order chi connectivity index (χ1) is 15.8. The number of fused-ring (bicyclic) bond motifs is 1. The number of furan rings is 1. The summed E-state index contributed by atoms with van der Waals surface area (Å²) < 4.78 is 11.2. The average molecular weight is 456 g/mol. The van der Waals surface area contributed by atoms with Gasteiger partial charge < -0.3 is 14.5 Å². The number of ether oxygens (including phenoxy) is 1. The quantitative estimate of drug-likeness (QED) is 0.378. The normalized spacial score (nSPS) is 18.2. The molecule has 0 spiro atoms. The summed E-state index contributed by atoms with van der Waals surface area (Å²) in [7, 11) is 0. The highest BCUT2D eigenvalue weighted by Crippen LogP contribution is 2.32. The summed E-state index contributed by atoms with van der Waals surface area (Å²) in [5.41, 5.74) is -0.822. The second kappa shape index (κ2) is 9.12. The maximum absolute atomic E-state index is 12.9. The number of nitrogens with zero attached hydrogens (tertiary/aromatic N) is 3. The van der Waals surface area contributed by atoms with Crippen LogP contribution in [0.25, 0.3) is 0 Å². The summed E-state index contributed by atoms with van der Waals surface area (Å²) in [6.07, 6.45) is 0. The largest absolute Gasteiger partial charge is 0.465 e. The Morgan fingerprint density at radius 1 is 1.18 bits per heavy atom. The first-order valence-electron chi connectivity index (χ1n) is 10.6. The second-order valence-corrected chi connectivity index (χ2v) is 7.97. The molecule has 1 aromatic heterocycles. The van der Waals surface area contributed by atoms with Gasteiger partial charge in [0.2, 0.25) is 5.91 Å². The number of rotatable bonds is 7. The number of hydrogen-bond donors (Lipinski definition) is 1. The Kier molecular flexibility index (Phi) is 6.25. The molecule has 2 aliphatic heterocycles. The van der Waals surface area contributed by atoms with Gasteiger partial charge in [0.15, 0.2) is 0 Å². The SMILES string of the molecule is Cc1ccc(C(CNC(=O)[C@H](C)N2C(=O)c3cccc([N+](=O)[O-])c3C2=O)N2CCOCC2)o1. The monoisotopic (exact) mass is 456 g/mol. The number of amides is 3. The van der Waals surface area contributed by atoms with E-state index in [0.29, 0.717) is 32.1 Å². The highest BCUT2D eigenvalue weighted by atomic mass is 16.6. The van der Waals surface area contributed by atoms with E-state index in [-0.39, 0.29) is 23.7 Å². The lowest BCUT2D eigenvalue weighted by molar-refractivity contribution is -0.385. The number of morpholine rings is 1. The molecule has 0 aliphatic carbocycles. The summed E-state index contributed by atoms with van der Waals surface area (Å²) in [6.45, 7) is 5.91. The first-order valence-corrected chi connectivity index (χ1v) is 10.6. The Morgan fingerprint density at radius 3 is 2.55 bits per heavy atom. The second-order valence-electron chi connectivity index (χ2n) is 7.97. The van der Waals surface area contributed by atoms with Crippen molar-refractivity contribution < 1.29 is 28.5 Å². The lowest BCUT2D eigenvalue weighted by Crippen LogP contribution is -2.50. The van der Waals surface area contributed by atoms with Crippen molar-refractivity contribution >= 4 is 23.4 Å². The summed E-state index contributed by atoms with van der Waals surface area (Å²) in [5, 5.41) is 14.1. The number of hydrogen-bond acceptors (Lipinski definition) is 8. The lowest BCUT2D eigenvalue weighted by atomic mass is 10.1. The van der Waals surface area contributed by atoms with Gasteiger partial charge in [-0.3, -0.25) is 34.3 Å². The van der Waals surface area contributed by atoms with Crippen LogP contribution in [0.1, 0.15) is 45.2 Å². The van der Waals surface area contributed by atoms with E-state index in [1.807, 2.05) is 19.1 Å². The fourth-order valence-electron chi connectivity index (χ4n) is 4.18. The van der Waals surface area contributed by atoms with Crippen LogP contribution in [0.5, 0.6) is 0 Å². The van der Waals surface area contributed by atoms with E-state index in [2.05, 4.69) is 10.2 Å². The van der Waals surface area contributed by atoms with Crippen molar-refractivity contribution in [3.8, 4) is 0 Å². The molecule has 4 rings (SSSR count). The van der Waals surface area contributed by atoms with Crippen LogP contribution in [-0.4, -0.2) is 71.3 Å². The van der Waals surface area contributed by atoms with Crippen LogP contribution < -0.4 is 5.32 Å². The van der Waals surface area contributed by atoms with Gasteiger partial charge >= 0.3 is 0 Å². The van der Waals surface area contributed by atoms with Crippen molar-refractivity contribution in [2.45, 2.75) is 25.9 Å². The first kappa shape index (κ1) is 22.6. The van der Waals surface area contributed by atoms with E-state index in [1.165, 1.54) is 19.1 Å². The zero-order valence-electron chi connectivity index (χ0n) is 18.3. The fourth-order valence-corrected chi connectivity index (χ4v) is 4.18. The summed E-state index contributed by atoms with van der Waals surface area (Å²) >= 11 is 0. The third-order valence-electron chi connectivity index (χ3n) is 5.93. The van der Waals surface area contributed by atoms with Crippen molar-refractivity contribution in [1.29, 1.82) is 0 Å². The van der Waals surface area contributed by atoms with Gasteiger partial charge in [0, 0.05) is 25.7 Å². The van der Waals surface area contributed by atoms with Gasteiger partial charge in [-0.15, -0.1) is 0 Å². The summed E-state index contributed by atoms with van der Waals surface area (Å²) in [5.74, 6) is -0.688. The minimum Gasteiger partial charge on any atom is -0.465 e. The minimum absolute atomic E-state index is 0.0777. The van der Waals surface area contributed by atoms with Crippen LogP contribution >= 0.6 is 0 Å². The molecule has 0 saturated carbocycles. The molecule has 11 heteroatoms. The van der Waals surface area contributed by atoms with Crippen molar-refractivity contribution in [2.24, 2.45) is 0 Å².